The molecule has 1 saturated heterocycles. The largest absolute Gasteiger partial charge is 0.382 e. The minimum atomic E-state index is -0.164. The minimum absolute atomic E-state index is 0.116. The van der Waals surface area contributed by atoms with Crippen molar-refractivity contribution >= 4 is 17.3 Å². The number of nitrogens with zero attached hydrogens (tertiary/aromatic N) is 3. The summed E-state index contributed by atoms with van der Waals surface area (Å²) in [6.07, 6.45) is 2.86. The summed E-state index contributed by atoms with van der Waals surface area (Å²) in [7, 11) is 0. The van der Waals surface area contributed by atoms with Gasteiger partial charge in [0.2, 0.25) is 0 Å². The molecular formula is C18H26N6. The van der Waals surface area contributed by atoms with Crippen molar-refractivity contribution in [2.24, 2.45) is 28.9 Å². The molecule has 2 fully saturated rings. The number of nitrogens with one attached hydrogen (secondary N) is 1. The summed E-state index contributed by atoms with van der Waals surface area (Å²) in [6, 6.07) is 0. The molecular weight excluding hydrogens is 300 g/mol. The third kappa shape index (κ3) is 3.36. The lowest BCUT2D eigenvalue weighted by molar-refractivity contribution is 0.546. The van der Waals surface area contributed by atoms with Crippen molar-refractivity contribution in [3.63, 3.8) is 0 Å². The van der Waals surface area contributed by atoms with Crippen molar-refractivity contribution in [3.05, 3.63) is 11.9 Å². The number of anilines is 2. The molecule has 0 radical (unpaired) electrons. The van der Waals surface area contributed by atoms with Crippen LogP contribution < -0.4 is 16.4 Å². The molecule has 24 heavy (non-hydrogen) atoms. The van der Waals surface area contributed by atoms with Gasteiger partial charge in [0.1, 0.15) is 17.2 Å². The van der Waals surface area contributed by atoms with Gasteiger partial charge in [0.15, 0.2) is 5.82 Å². The molecule has 6 heteroatoms. The molecule has 1 aromatic heterocycles. The molecule has 2 aliphatic rings. The monoisotopic (exact) mass is 326 g/mol. The predicted octanol–water partition coefficient (Wildman–Crippen LogP) is 1.51. The van der Waals surface area contributed by atoms with Crippen LogP contribution in [-0.2, 0) is 0 Å². The topological polar surface area (TPSA) is 105 Å². The highest BCUT2D eigenvalue weighted by Crippen LogP contribution is 2.51. The first-order chi connectivity index (χ1) is 11.3. The van der Waals surface area contributed by atoms with Crippen LogP contribution in [0.1, 0.15) is 32.9 Å². The Morgan fingerprint density at radius 3 is 2.79 bits per heavy atom. The number of hydrogen-bond acceptors (Lipinski definition) is 6. The molecule has 3 unspecified atom stereocenters. The number of nitrogen functional groups attached to an aromatic ring is 1. The van der Waals surface area contributed by atoms with Crippen LogP contribution in [0.15, 0.2) is 6.20 Å². The number of rotatable bonds is 3. The molecule has 0 amide bonds. The van der Waals surface area contributed by atoms with Gasteiger partial charge in [-0.05, 0) is 57.4 Å². The fraction of sp³-hybridized carbons (Fsp3) is 0.611. The highest BCUT2D eigenvalue weighted by Gasteiger charge is 2.51. The Hall–Kier alpha value is -2.13. The molecule has 6 nitrogen and oxygen atoms in total. The average Bonchev–Trinajstić information content (AvgIpc) is 3.24. The van der Waals surface area contributed by atoms with E-state index in [1.165, 1.54) is 0 Å². The number of nitrogens with two attached hydrogens (primary N) is 2. The van der Waals surface area contributed by atoms with E-state index in [0.29, 0.717) is 17.5 Å². The van der Waals surface area contributed by atoms with Crippen molar-refractivity contribution in [1.29, 1.82) is 5.41 Å². The number of aromatic nitrogens is 2. The minimum Gasteiger partial charge on any atom is -0.382 e. The zero-order valence-corrected chi connectivity index (χ0v) is 14.6. The van der Waals surface area contributed by atoms with Crippen molar-refractivity contribution in [2.45, 2.75) is 27.2 Å². The van der Waals surface area contributed by atoms with Crippen LogP contribution in [-0.4, -0.2) is 35.3 Å². The van der Waals surface area contributed by atoms with Gasteiger partial charge >= 0.3 is 0 Å². The number of fused-ring (bicyclic) bond motifs is 1. The number of hydrogen-bond donors (Lipinski definition) is 3. The molecule has 3 atom stereocenters. The summed E-state index contributed by atoms with van der Waals surface area (Å²) in [5.41, 5.74) is 12.2. The van der Waals surface area contributed by atoms with Gasteiger partial charge in [-0.25, -0.2) is 9.97 Å². The predicted molar refractivity (Wildman–Crippen MR) is 96.9 cm³/mol. The van der Waals surface area contributed by atoms with Gasteiger partial charge in [-0.15, -0.1) is 0 Å². The second kappa shape index (κ2) is 6.06. The fourth-order valence-electron chi connectivity index (χ4n) is 3.48. The second-order valence-corrected chi connectivity index (χ2v) is 7.80. The Morgan fingerprint density at radius 1 is 1.42 bits per heavy atom. The maximum atomic E-state index is 8.07. The van der Waals surface area contributed by atoms with E-state index in [1.807, 2.05) is 20.8 Å². The van der Waals surface area contributed by atoms with E-state index in [-0.39, 0.29) is 16.9 Å². The Labute approximate surface area is 143 Å². The van der Waals surface area contributed by atoms with Gasteiger partial charge in [-0.3, -0.25) is 5.41 Å². The van der Waals surface area contributed by atoms with Gasteiger partial charge in [-0.1, -0.05) is 5.92 Å². The Morgan fingerprint density at radius 2 is 2.17 bits per heavy atom. The smallest absolute Gasteiger partial charge is 0.154 e. The summed E-state index contributed by atoms with van der Waals surface area (Å²) in [5.74, 6) is 9.05. The van der Waals surface area contributed by atoms with E-state index in [0.717, 1.165) is 37.8 Å². The highest BCUT2D eigenvalue weighted by molar-refractivity contribution is 6.12. The van der Waals surface area contributed by atoms with Crippen LogP contribution in [0.4, 0.5) is 11.6 Å². The Balaban J connectivity index is 1.73. The lowest BCUT2D eigenvalue weighted by atomic mass is 9.97. The first kappa shape index (κ1) is 16.7. The SMILES string of the molecule is CC(C)(C)C#CC(=N)c1ncc(N2CCC3C(CN)C3C2)nc1N. The maximum Gasteiger partial charge on any atom is 0.154 e. The van der Waals surface area contributed by atoms with Gasteiger partial charge in [0.05, 0.1) is 6.20 Å². The lowest BCUT2D eigenvalue weighted by Gasteiger charge is -2.27. The van der Waals surface area contributed by atoms with E-state index < -0.39 is 0 Å². The van der Waals surface area contributed by atoms with E-state index >= 15 is 0 Å². The molecule has 1 aromatic rings. The Bertz CT molecular complexity index is 704. The van der Waals surface area contributed by atoms with Crippen molar-refractivity contribution < 1.29 is 0 Å². The summed E-state index contributed by atoms with van der Waals surface area (Å²) < 4.78 is 0. The highest BCUT2D eigenvalue weighted by atomic mass is 15.2. The summed E-state index contributed by atoms with van der Waals surface area (Å²) in [6.45, 7) is 8.72. The van der Waals surface area contributed by atoms with Crippen LogP contribution in [0.5, 0.6) is 0 Å². The van der Waals surface area contributed by atoms with Gasteiger partial charge in [0, 0.05) is 18.5 Å². The molecule has 3 rings (SSSR count). The zero-order chi connectivity index (χ0) is 17.5. The van der Waals surface area contributed by atoms with E-state index in [1.54, 1.807) is 6.20 Å². The molecule has 5 N–H and O–H groups in total. The van der Waals surface area contributed by atoms with Gasteiger partial charge in [-0.2, -0.15) is 0 Å². The van der Waals surface area contributed by atoms with Gasteiger partial charge in [0.25, 0.3) is 0 Å². The molecule has 1 saturated carbocycles. The van der Waals surface area contributed by atoms with Crippen LogP contribution in [0.3, 0.4) is 0 Å². The van der Waals surface area contributed by atoms with Crippen LogP contribution >= 0.6 is 0 Å². The molecule has 1 aliphatic carbocycles. The van der Waals surface area contributed by atoms with E-state index in [9.17, 15) is 0 Å². The average molecular weight is 326 g/mol. The van der Waals surface area contributed by atoms with Crippen molar-refractivity contribution in [2.75, 3.05) is 30.3 Å². The van der Waals surface area contributed by atoms with Crippen LogP contribution in [0.2, 0.25) is 0 Å². The molecule has 0 spiro atoms. The van der Waals surface area contributed by atoms with Crippen molar-refractivity contribution in [3.8, 4) is 11.8 Å². The second-order valence-electron chi connectivity index (χ2n) is 7.80. The Kier molecular flexibility index (Phi) is 4.22. The molecule has 0 bridgehead atoms. The normalized spacial score (nSPS) is 25.5. The molecule has 128 valence electrons. The van der Waals surface area contributed by atoms with E-state index in [2.05, 4.69) is 26.7 Å². The first-order valence-electron chi connectivity index (χ1n) is 8.50. The van der Waals surface area contributed by atoms with Gasteiger partial charge < -0.3 is 16.4 Å². The lowest BCUT2D eigenvalue weighted by Crippen LogP contribution is -2.32. The summed E-state index contributed by atoms with van der Waals surface area (Å²) in [5, 5.41) is 8.07. The third-order valence-electron chi connectivity index (χ3n) is 4.85. The third-order valence-corrected chi connectivity index (χ3v) is 4.85. The maximum absolute atomic E-state index is 8.07. The summed E-state index contributed by atoms with van der Waals surface area (Å²) >= 11 is 0. The molecule has 0 aromatic carbocycles. The quantitative estimate of drug-likeness (QED) is 0.577. The number of piperidine rings is 1. The first-order valence-corrected chi connectivity index (χ1v) is 8.50. The van der Waals surface area contributed by atoms with Crippen molar-refractivity contribution in [1.82, 2.24) is 9.97 Å². The fourth-order valence-corrected chi connectivity index (χ4v) is 3.48. The summed E-state index contributed by atoms with van der Waals surface area (Å²) in [4.78, 5) is 11.0. The zero-order valence-electron chi connectivity index (χ0n) is 14.6. The van der Waals surface area contributed by atoms with Crippen LogP contribution in [0, 0.1) is 40.4 Å². The standard InChI is InChI=1S/C18H26N6/c1-18(2,3)6-4-14(20)16-17(21)23-15(9-22-16)24-7-5-11-12(8-19)13(11)10-24/h9,11-13,20H,5,7-8,10,19H2,1-3H3,(H2,21,23). The molecule has 1 aliphatic heterocycles. The van der Waals surface area contributed by atoms with Crippen LogP contribution in [0.25, 0.3) is 0 Å². The molecule has 2 heterocycles. The van der Waals surface area contributed by atoms with E-state index in [4.69, 9.17) is 16.9 Å².